The van der Waals surface area contributed by atoms with Gasteiger partial charge in [0.15, 0.2) is 0 Å². The minimum absolute atomic E-state index is 0.0111. The topological polar surface area (TPSA) is 38.8 Å². The molecule has 2 aliphatic rings. The van der Waals surface area contributed by atoms with Crippen LogP contribution in [0, 0.1) is 5.92 Å². The van der Waals surface area contributed by atoms with Crippen LogP contribution in [0.1, 0.15) is 57.8 Å². The van der Waals surface area contributed by atoms with Gasteiger partial charge >= 0.3 is 7.12 Å². The number of amides is 1. The number of hydrogen-bond donors (Lipinski definition) is 0. The number of rotatable bonds is 2. The third kappa shape index (κ3) is 3.60. The van der Waals surface area contributed by atoms with Crippen LogP contribution in [0.25, 0.3) is 0 Å². The summed E-state index contributed by atoms with van der Waals surface area (Å²) in [6, 6.07) is 5.48. The van der Waals surface area contributed by atoms with Crippen molar-refractivity contribution in [2.75, 3.05) is 13.1 Å². The first-order chi connectivity index (χ1) is 11.6. The minimum Gasteiger partial charge on any atom is -0.399 e. The molecule has 0 aromatic heterocycles. The summed E-state index contributed by atoms with van der Waals surface area (Å²) in [5, 5.41) is 0.454. The highest BCUT2D eigenvalue weighted by Crippen LogP contribution is 2.36. The molecule has 0 saturated carbocycles. The van der Waals surface area contributed by atoms with Crippen molar-refractivity contribution in [1.29, 1.82) is 0 Å². The van der Waals surface area contributed by atoms with Gasteiger partial charge < -0.3 is 14.2 Å². The molecule has 0 N–H and O–H groups in total. The first-order valence-electron chi connectivity index (χ1n) is 9.05. The highest BCUT2D eigenvalue weighted by molar-refractivity contribution is 6.62. The van der Waals surface area contributed by atoms with Gasteiger partial charge in [0, 0.05) is 13.1 Å². The predicted octanol–water partition coefficient (Wildman–Crippen LogP) is 3.51. The quantitative estimate of drug-likeness (QED) is 0.755. The zero-order chi connectivity index (χ0) is 18.4. The van der Waals surface area contributed by atoms with Crippen LogP contribution in [-0.4, -0.2) is 42.2 Å². The molecular weight excluding hydrogens is 336 g/mol. The monoisotopic (exact) mass is 363 g/mol. The second kappa shape index (κ2) is 6.60. The normalized spacial score (nSPS) is 25.3. The van der Waals surface area contributed by atoms with Gasteiger partial charge in [0.2, 0.25) is 0 Å². The summed E-state index contributed by atoms with van der Waals surface area (Å²) < 4.78 is 12.1. The van der Waals surface area contributed by atoms with Gasteiger partial charge in [-0.25, -0.2) is 0 Å². The lowest BCUT2D eigenvalue weighted by Crippen LogP contribution is -2.41. The van der Waals surface area contributed by atoms with E-state index in [1.807, 2.05) is 38.7 Å². The molecule has 0 bridgehead atoms. The van der Waals surface area contributed by atoms with Gasteiger partial charge in [-0.05, 0) is 64.1 Å². The van der Waals surface area contributed by atoms with Gasteiger partial charge in [0.1, 0.15) is 0 Å². The maximum atomic E-state index is 12.8. The molecule has 2 fully saturated rings. The van der Waals surface area contributed by atoms with Crippen LogP contribution in [-0.2, 0) is 9.31 Å². The maximum Gasteiger partial charge on any atom is 0.494 e. The number of carbonyl (C=O) groups is 1. The van der Waals surface area contributed by atoms with Gasteiger partial charge in [0.05, 0.1) is 21.8 Å². The van der Waals surface area contributed by atoms with Crippen LogP contribution in [0.4, 0.5) is 0 Å². The van der Waals surface area contributed by atoms with E-state index in [0.717, 1.165) is 25.0 Å². The van der Waals surface area contributed by atoms with Gasteiger partial charge in [-0.1, -0.05) is 24.6 Å². The zero-order valence-electron chi connectivity index (χ0n) is 15.8. The molecular formula is C19H27BClNO3. The summed E-state index contributed by atoms with van der Waals surface area (Å²) in [6.07, 6.45) is 2.23. The number of likely N-dealkylation sites (tertiary alicyclic amines) is 1. The van der Waals surface area contributed by atoms with E-state index in [2.05, 4.69) is 6.92 Å². The second-order valence-electron chi connectivity index (χ2n) is 8.33. The smallest absolute Gasteiger partial charge is 0.399 e. The van der Waals surface area contributed by atoms with Crippen LogP contribution in [0.3, 0.4) is 0 Å². The molecule has 1 aromatic rings. The van der Waals surface area contributed by atoms with Crippen molar-refractivity contribution in [2.24, 2.45) is 5.92 Å². The largest absolute Gasteiger partial charge is 0.494 e. The Bertz CT molecular complexity index is 661. The fourth-order valence-electron chi connectivity index (χ4n) is 3.37. The highest BCUT2D eigenvalue weighted by atomic mass is 35.5. The summed E-state index contributed by atoms with van der Waals surface area (Å²) in [6.45, 7) is 11.9. The Morgan fingerprint density at radius 2 is 1.88 bits per heavy atom. The Morgan fingerprint density at radius 3 is 2.44 bits per heavy atom. The Kier molecular flexibility index (Phi) is 4.95. The Hall–Kier alpha value is -1.04. The number of benzene rings is 1. The van der Waals surface area contributed by atoms with Crippen LogP contribution in [0.15, 0.2) is 18.2 Å². The Balaban J connectivity index is 1.79. The van der Waals surface area contributed by atoms with Gasteiger partial charge in [-0.3, -0.25) is 4.79 Å². The van der Waals surface area contributed by atoms with Crippen LogP contribution >= 0.6 is 11.6 Å². The summed E-state index contributed by atoms with van der Waals surface area (Å²) in [5.74, 6) is 0.553. The molecule has 2 aliphatic heterocycles. The highest BCUT2D eigenvalue weighted by Gasteiger charge is 2.51. The van der Waals surface area contributed by atoms with E-state index in [1.165, 1.54) is 6.42 Å². The van der Waals surface area contributed by atoms with Crippen molar-refractivity contribution < 1.29 is 14.1 Å². The molecule has 1 atom stereocenters. The van der Waals surface area contributed by atoms with E-state index < -0.39 is 18.3 Å². The van der Waals surface area contributed by atoms with Crippen molar-refractivity contribution in [3.63, 3.8) is 0 Å². The lowest BCUT2D eigenvalue weighted by molar-refractivity contribution is 0.00578. The average molecular weight is 364 g/mol. The number of nitrogens with zero attached hydrogens (tertiary/aromatic N) is 1. The molecule has 1 amide bonds. The van der Waals surface area contributed by atoms with Crippen molar-refractivity contribution >= 4 is 30.1 Å². The summed E-state index contributed by atoms with van der Waals surface area (Å²) in [7, 11) is -0.471. The molecule has 4 nitrogen and oxygen atoms in total. The van der Waals surface area contributed by atoms with E-state index in [0.29, 0.717) is 16.5 Å². The molecule has 3 rings (SSSR count). The van der Waals surface area contributed by atoms with Crippen LogP contribution in [0.2, 0.25) is 5.02 Å². The molecule has 0 radical (unpaired) electrons. The van der Waals surface area contributed by atoms with E-state index in [9.17, 15) is 4.79 Å². The van der Waals surface area contributed by atoms with E-state index in [4.69, 9.17) is 20.9 Å². The van der Waals surface area contributed by atoms with Crippen molar-refractivity contribution in [1.82, 2.24) is 4.90 Å². The Morgan fingerprint density at radius 1 is 1.24 bits per heavy atom. The molecule has 0 spiro atoms. The third-order valence-electron chi connectivity index (χ3n) is 5.69. The van der Waals surface area contributed by atoms with E-state index in [1.54, 1.807) is 12.1 Å². The van der Waals surface area contributed by atoms with Crippen molar-refractivity contribution in [2.45, 2.75) is 58.7 Å². The van der Waals surface area contributed by atoms with Gasteiger partial charge in [-0.2, -0.15) is 0 Å². The minimum atomic E-state index is -0.471. The number of piperidine rings is 1. The molecule has 6 heteroatoms. The molecule has 136 valence electrons. The molecule has 2 heterocycles. The van der Waals surface area contributed by atoms with Gasteiger partial charge in [0.25, 0.3) is 5.91 Å². The van der Waals surface area contributed by atoms with Crippen LogP contribution < -0.4 is 5.46 Å². The number of carbonyl (C=O) groups excluding carboxylic acids is 1. The first-order valence-corrected chi connectivity index (χ1v) is 9.43. The number of halogens is 1. The summed E-state index contributed by atoms with van der Waals surface area (Å²) >= 11 is 6.44. The average Bonchev–Trinajstić information content (AvgIpc) is 2.75. The standard InChI is InChI=1S/C19H27BClNO3/c1-13-7-6-10-22(12-13)17(23)15-9-8-14(11-16(15)21)20-24-18(2,3)19(4,5)25-20/h8-9,11,13H,6-7,10,12H2,1-5H3. The van der Waals surface area contributed by atoms with Crippen LogP contribution in [0.5, 0.6) is 0 Å². The fourth-order valence-corrected chi connectivity index (χ4v) is 3.64. The lowest BCUT2D eigenvalue weighted by Gasteiger charge is -2.32. The Labute approximate surface area is 156 Å². The molecule has 0 aliphatic carbocycles. The van der Waals surface area contributed by atoms with Crippen molar-refractivity contribution in [3.05, 3.63) is 28.8 Å². The second-order valence-corrected chi connectivity index (χ2v) is 8.73. The molecule has 1 aromatic carbocycles. The molecule has 2 saturated heterocycles. The van der Waals surface area contributed by atoms with E-state index in [-0.39, 0.29) is 5.91 Å². The fraction of sp³-hybridized carbons (Fsp3) is 0.632. The third-order valence-corrected chi connectivity index (χ3v) is 6.01. The number of hydrogen-bond acceptors (Lipinski definition) is 3. The van der Waals surface area contributed by atoms with Gasteiger partial charge in [-0.15, -0.1) is 0 Å². The first kappa shape index (κ1) is 18.7. The lowest BCUT2D eigenvalue weighted by atomic mass is 9.79. The maximum absolute atomic E-state index is 12.8. The van der Waals surface area contributed by atoms with Crippen molar-refractivity contribution in [3.8, 4) is 0 Å². The van der Waals surface area contributed by atoms with E-state index >= 15 is 0 Å². The SMILES string of the molecule is CC1CCCN(C(=O)c2ccc(B3OC(C)(C)C(C)(C)O3)cc2Cl)C1. The molecule has 25 heavy (non-hydrogen) atoms. The predicted molar refractivity (Wildman–Crippen MR) is 101 cm³/mol. The summed E-state index contributed by atoms with van der Waals surface area (Å²) in [5.41, 5.74) is 0.591. The zero-order valence-corrected chi connectivity index (χ0v) is 16.5. The summed E-state index contributed by atoms with van der Waals surface area (Å²) in [4.78, 5) is 14.7. The molecule has 1 unspecified atom stereocenters.